The molecule has 2 aromatic heterocycles. The second-order valence-corrected chi connectivity index (χ2v) is 4.89. The molecular weight excluding hydrogens is 210 g/mol. The highest BCUT2D eigenvalue weighted by molar-refractivity contribution is 6.07. The van der Waals surface area contributed by atoms with Crippen molar-refractivity contribution in [1.29, 1.82) is 0 Å². The predicted molar refractivity (Wildman–Crippen MR) is 69.2 cm³/mol. The highest BCUT2D eigenvalue weighted by Gasteiger charge is 2.27. The SMILES string of the molecule is CCn1c2cn[nH]c2c2cccc(C3CC3)c21. The van der Waals surface area contributed by atoms with E-state index in [4.69, 9.17) is 0 Å². The predicted octanol–water partition coefficient (Wildman–Crippen LogP) is 3.41. The summed E-state index contributed by atoms with van der Waals surface area (Å²) in [5, 5.41) is 8.62. The van der Waals surface area contributed by atoms with Gasteiger partial charge in [0.15, 0.2) is 0 Å². The third-order valence-corrected chi connectivity index (χ3v) is 3.85. The van der Waals surface area contributed by atoms with Crippen molar-refractivity contribution in [2.24, 2.45) is 0 Å². The van der Waals surface area contributed by atoms with Crippen molar-refractivity contribution in [3.05, 3.63) is 30.0 Å². The van der Waals surface area contributed by atoms with Crippen LogP contribution < -0.4 is 0 Å². The van der Waals surface area contributed by atoms with E-state index in [1.807, 2.05) is 6.20 Å². The minimum absolute atomic E-state index is 0.788. The van der Waals surface area contributed by atoms with Crippen LogP contribution in [0.1, 0.15) is 31.2 Å². The van der Waals surface area contributed by atoms with E-state index < -0.39 is 0 Å². The molecule has 0 amide bonds. The summed E-state index contributed by atoms with van der Waals surface area (Å²) in [6.07, 6.45) is 4.63. The molecule has 1 aromatic carbocycles. The van der Waals surface area contributed by atoms with Gasteiger partial charge in [-0.15, -0.1) is 0 Å². The first-order valence-corrected chi connectivity index (χ1v) is 6.34. The van der Waals surface area contributed by atoms with Crippen molar-refractivity contribution >= 4 is 21.9 Å². The largest absolute Gasteiger partial charge is 0.338 e. The number of aryl methyl sites for hydroxylation is 1. The molecule has 0 saturated heterocycles. The topological polar surface area (TPSA) is 33.6 Å². The van der Waals surface area contributed by atoms with E-state index in [-0.39, 0.29) is 0 Å². The van der Waals surface area contributed by atoms with Gasteiger partial charge >= 0.3 is 0 Å². The Bertz CT molecular complexity index is 701. The molecule has 0 unspecified atom stereocenters. The number of nitrogens with zero attached hydrogens (tertiary/aromatic N) is 2. The maximum atomic E-state index is 4.16. The Hall–Kier alpha value is -1.77. The van der Waals surface area contributed by atoms with Crippen LogP contribution in [0.3, 0.4) is 0 Å². The van der Waals surface area contributed by atoms with Gasteiger partial charge in [-0.3, -0.25) is 5.10 Å². The summed E-state index contributed by atoms with van der Waals surface area (Å²) in [4.78, 5) is 0. The number of hydrogen-bond acceptors (Lipinski definition) is 1. The van der Waals surface area contributed by atoms with Crippen molar-refractivity contribution in [2.45, 2.75) is 32.2 Å². The Kier molecular flexibility index (Phi) is 1.71. The molecule has 17 heavy (non-hydrogen) atoms. The number of para-hydroxylation sites is 1. The van der Waals surface area contributed by atoms with Crippen LogP contribution in [0.15, 0.2) is 24.4 Å². The van der Waals surface area contributed by atoms with Gasteiger partial charge < -0.3 is 4.57 Å². The second kappa shape index (κ2) is 3.13. The Morgan fingerprint density at radius 2 is 2.29 bits per heavy atom. The van der Waals surface area contributed by atoms with Crippen LogP contribution in [0.2, 0.25) is 0 Å². The highest BCUT2D eigenvalue weighted by Crippen LogP contribution is 2.44. The third kappa shape index (κ3) is 1.14. The molecule has 3 heteroatoms. The molecule has 3 nitrogen and oxygen atoms in total. The summed E-state index contributed by atoms with van der Waals surface area (Å²) in [7, 11) is 0. The van der Waals surface area contributed by atoms with Gasteiger partial charge in [-0.1, -0.05) is 18.2 Å². The minimum Gasteiger partial charge on any atom is -0.338 e. The van der Waals surface area contributed by atoms with Crippen LogP contribution in [-0.4, -0.2) is 14.8 Å². The van der Waals surface area contributed by atoms with Gasteiger partial charge in [0.25, 0.3) is 0 Å². The lowest BCUT2D eigenvalue weighted by atomic mass is 10.1. The first-order chi connectivity index (χ1) is 8.40. The van der Waals surface area contributed by atoms with E-state index in [1.54, 1.807) is 0 Å². The fourth-order valence-corrected chi connectivity index (χ4v) is 2.92. The van der Waals surface area contributed by atoms with E-state index in [9.17, 15) is 0 Å². The number of aromatic nitrogens is 3. The molecule has 2 heterocycles. The molecule has 0 atom stereocenters. The third-order valence-electron chi connectivity index (χ3n) is 3.85. The molecule has 1 aliphatic rings. The number of nitrogens with one attached hydrogen (secondary N) is 1. The second-order valence-electron chi connectivity index (χ2n) is 4.89. The standard InChI is InChI=1S/C14H15N3/c1-2-17-12-8-15-16-13(12)11-5-3-4-10(14(11)17)9-6-7-9/h3-5,8-9H,2,6-7H2,1H3,(H,15,16). The van der Waals surface area contributed by atoms with E-state index >= 15 is 0 Å². The summed E-state index contributed by atoms with van der Waals surface area (Å²) in [6, 6.07) is 6.67. The van der Waals surface area contributed by atoms with Crippen LogP contribution in [-0.2, 0) is 6.54 Å². The minimum atomic E-state index is 0.788. The molecule has 0 aliphatic heterocycles. The Morgan fingerprint density at radius 1 is 1.41 bits per heavy atom. The first-order valence-electron chi connectivity index (χ1n) is 6.34. The average molecular weight is 225 g/mol. The maximum absolute atomic E-state index is 4.16. The lowest BCUT2D eigenvalue weighted by Crippen LogP contribution is -1.95. The Labute approximate surface area is 99.4 Å². The molecule has 4 rings (SSSR count). The van der Waals surface area contributed by atoms with Crippen LogP contribution in [0.4, 0.5) is 0 Å². The summed E-state index contributed by atoms with van der Waals surface area (Å²) in [5.74, 6) is 0.788. The normalized spacial score (nSPS) is 16.1. The van der Waals surface area contributed by atoms with Crippen molar-refractivity contribution < 1.29 is 0 Å². The van der Waals surface area contributed by atoms with Crippen LogP contribution in [0.25, 0.3) is 21.9 Å². The van der Waals surface area contributed by atoms with Crippen LogP contribution in [0.5, 0.6) is 0 Å². The average Bonchev–Trinajstić information content (AvgIpc) is 3.00. The molecule has 3 aromatic rings. The molecule has 86 valence electrons. The zero-order valence-corrected chi connectivity index (χ0v) is 9.90. The molecule has 1 aliphatic carbocycles. The first kappa shape index (κ1) is 9.28. The summed E-state index contributed by atoms with van der Waals surface area (Å²) >= 11 is 0. The smallest absolute Gasteiger partial charge is 0.0908 e. The number of hydrogen-bond donors (Lipinski definition) is 1. The highest BCUT2D eigenvalue weighted by atomic mass is 15.1. The van der Waals surface area contributed by atoms with Gasteiger partial charge in [0, 0.05) is 11.9 Å². The van der Waals surface area contributed by atoms with Crippen molar-refractivity contribution in [2.75, 3.05) is 0 Å². The van der Waals surface area contributed by atoms with Crippen molar-refractivity contribution in [3.63, 3.8) is 0 Å². The number of rotatable bonds is 2. The van der Waals surface area contributed by atoms with E-state index in [2.05, 4.69) is 39.9 Å². The maximum Gasteiger partial charge on any atom is 0.0908 e. The van der Waals surface area contributed by atoms with Gasteiger partial charge in [0.2, 0.25) is 0 Å². The van der Waals surface area contributed by atoms with Gasteiger partial charge in [-0.05, 0) is 31.2 Å². The fraction of sp³-hybridized carbons (Fsp3) is 0.357. The molecule has 0 radical (unpaired) electrons. The van der Waals surface area contributed by atoms with E-state index in [0.29, 0.717) is 0 Å². The Balaban J connectivity index is 2.21. The van der Waals surface area contributed by atoms with Crippen molar-refractivity contribution in [1.82, 2.24) is 14.8 Å². The number of aromatic amines is 1. The van der Waals surface area contributed by atoms with Gasteiger partial charge in [0.05, 0.1) is 22.7 Å². The molecular formula is C14H15N3. The summed E-state index contributed by atoms with van der Waals surface area (Å²) < 4.78 is 2.39. The lowest BCUT2D eigenvalue weighted by molar-refractivity contribution is 0.821. The Morgan fingerprint density at radius 3 is 3.06 bits per heavy atom. The summed E-state index contributed by atoms with van der Waals surface area (Å²) in [6.45, 7) is 3.21. The van der Waals surface area contributed by atoms with Crippen LogP contribution >= 0.6 is 0 Å². The molecule has 0 bridgehead atoms. The van der Waals surface area contributed by atoms with E-state index in [0.717, 1.165) is 12.5 Å². The van der Waals surface area contributed by atoms with E-state index in [1.165, 1.54) is 40.3 Å². The number of fused-ring (bicyclic) bond motifs is 3. The summed E-state index contributed by atoms with van der Waals surface area (Å²) in [5.41, 5.74) is 5.36. The zero-order valence-electron chi connectivity index (χ0n) is 9.90. The number of benzene rings is 1. The van der Waals surface area contributed by atoms with Crippen molar-refractivity contribution in [3.8, 4) is 0 Å². The molecule has 0 spiro atoms. The zero-order chi connectivity index (χ0) is 11.4. The van der Waals surface area contributed by atoms with Crippen LogP contribution in [0, 0.1) is 0 Å². The fourth-order valence-electron chi connectivity index (χ4n) is 2.92. The molecule has 1 fully saturated rings. The van der Waals surface area contributed by atoms with Gasteiger partial charge in [-0.2, -0.15) is 5.10 Å². The van der Waals surface area contributed by atoms with Gasteiger partial charge in [0.1, 0.15) is 0 Å². The lowest BCUT2D eigenvalue weighted by Gasteiger charge is -2.07. The molecule has 1 N–H and O–H groups in total. The van der Waals surface area contributed by atoms with Gasteiger partial charge in [-0.25, -0.2) is 0 Å². The number of H-pyrrole nitrogens is 1. The monoisotopic (exact) mass is 225 g/mol. The molecule has 1 saturated carbocycles. The quantitative estimate of drug-likeness (QED) is 0.712.